The number of hydrogen-bond acceptors (Lipinski definition) is 6. The van der Waals surface area contributed by atoms with Crippen LogP contribution in [0.25, 0.3) is 0 Å². The highest BCUT2D eigenvalue weighted by atomic mass is 19.4. The molecule has 0 atom stereocenters. The Morgan fingerprint density at radius 1 is 1.28 bits per heavy atom. The molecule has 0 bridgehead atoms. The second kappa shape index (κ2) is 8.47. The third-order valence-electron chi connectivity index (χ3n) is 2.81. The summed E-state index contributed by atoms with van der Waals surface area (Å²) in [6, 6.07) is 6.46. The number of carbonyl (C=O) groups excluding carboxylic acids is 1. The van der Waals surface area contributed by atoms with Crippen molar-refractivity contribution in [3.05, 3.63) is 36.0 Å². The SMILES string of the molecule is Cc1nc(COc2ccc(NC(=O)CCOCC(F)(F)F)cc2)no1. The van der Waals surface area contributed by atoms with Crippen molar-refractivity contribution < 1.29 is 32.0 Å². The van der Waals surface area contributed by atoms with E-state index >= 15 is 0 Å². The first-order chi connectivity index (χ1) is 11.8. The van der Waals surface area contributed by atoms with Crippen LogP contribution in [-0.2, 0) is 16.1 Å². The van der Waals surface area contributed by atoms with Crippen molar-refractivity contribution in [2.45, 2.75) is 26.1 Å². The van der Waals surface area contributed by atoms with Gasteiger partial charge in [0.2, 0.25) is 17.6 Å². The van der Waals surface area contributed by atoms with Crippen LogP contribution >= 0.6 is 0 Å². The summed E-state index contributed by atoms with van der Waals surface area (Å²) in [7, 11) is 0. The molecule has 0 saturated carbocycles. The van der Waals surface area contributed by atoms with Gasteiger partial charge >= 0.3 is 6.18 Å². The minimum atomic E-state index is -4.40. The summed E-state index contributed by atoms with van der Waals surface area (Å²) in [5.41, 5.74) is 0.489. The molecule has 25 heavy (non-hydrogen) atoms. The van der Waals surface area contributed by atoms with Crippen LogP contribution < -0.4 is 10.1 Å². The number of anilines is 1. The largest absolute Gasteiger partial charge is 0.485 e. The van der Waals surface area contributed by atoms with Gasteiger partial charge in [0.25, 0.3) is 0 Å². The lowest BCUT2D eigenvalue weighted by Gasteiger charge is -2.09. The van der Waals surface area contributed by atoms with Gasteiger partial charge in [-0.2, -0.15) is 18.2 Å². The van der Waals surface area contributed by atoms with Gasteiger partial charge in [-0.3, -0.25) is 4.79 Å². The van der Waals surface area contributed by atoms with E-state index in [1.807, 2.05) is 0 Å². The maximum absolute atomic E-state index is 11.9. The van der Waals surface area contributed by atoms with Crippen LogP contribution in [-0.4, -0.2) is 35.4 Å². The van der Waals surface area contributed by atoms with Crippen LogP contribution in [0.1, 0.15) is 18.1 Å². The molecule has 136 valence electrons. The number of amides is 1. The van der Waals surface area contributed by atoms with E-state index in [0.717, 1.165) is 0 Å². The van der Waals surface area contributed by atoms with Gasteiger partial charge in [0, 0.05) is 12.6 Å². The summed E-state index contributed by atoms with van der Waals surface area (Å²) in [6.45, 7) is 0.130. The molecule has 7 nitrogen and oxygen atoms in total. The minimum absolute atomic E-state index is 0.138. The highest BCUT2D eigenvalue weighted by molar-refractivity contribution is 5.90. The van der Waals surface area contributed by atoms with E-state index in [4.69, 9.17) is 9.26 Å². The maximum Gasteiger partial charge on any atom is 0.411 e. The number of halogens is 3. The number of hydrogen-bond donors (Lipinski definition) is 1. The highest BCUT2D eigenvalue weighted by Crippen LogP contribution is 2.17. The van der Waals surface area contributed by atoms with E-state index in [1.165, 1.54) is 0 Å². The molecule has 1 aromatic heterocycles. The van der Waals surface area contributed by atoms with Crippen molar-refractivity contribution in [2.24, 2.45) is 0 Å². The molecular formula is C15H16F3N3O4. The number of nitrogens with zero attached hydrogens (tertiary/aromatic N) is 2. The van der Waals surface area contributed by atoms with Crippen LogP contribution in [0.15, 0.2) is 28.8 Å². The van der Waals surface area contributed by atoms with Gasteiger partial charge in [0.1, 0.15) is 12.4 Å². The first kappa shape index (κ1) is 18.7. The molecule has 0 aliphatic carbocycles. The molecule has 0 unspecified atom stereocenters. The van der Waals surface area contributed by atoms with Crippen LogP contribution in [0.2, 0.25) is 0 Å². The van der Waals surface area contributed by atoms with E-state index in [0.29, 0.717) is 23.2 Å². The van der Waals surface area contributed by atoms with Crippen LogP contribution in [0, 0.1) is 6.92 Å². The number of alkyl halides is 3. The first-order valence-electron chi connectivity index (χ1n) is 7.28. The molecule has 1 heterocycles. The average Bonchev–Trinajstić information content (AvgIpc) is 2.96. The second-order valence-corrected chi connectivity index (χ2v) is 5.01. The molecule has 0 fully saturated rings. The Morgan fingerprint density at radius 3 is 2.60 bits per heavy atom. The number of rotatable bonds is 8. The molecule has 0 radical (unpaired) electrons. The summed E-state index contributed by atoms with van der Waals surface area (Å²) >= 11 is 0. The van der Waals surface area contributed by atoms with Gasteiger partial charge in [-0.1, -0.05) is 5.16 Å². The van der Waals surface area contributed by atoms with Crippen molar-refractivity contribution in [3.63, 3.8) is 0 Å². The molecule has 2 rings (SSSR count). The van der Waals surface area contributed by atoms with Gasteiger partial charge in [0.15, 0.2) is 6.61 Å². The maximum atomic E-state index is 11.9. The molecule has 1 aromatic carbocycles. The number of ether oxygens (including phenoxy) is 2. The number of carbonyl (C=O) groups is 1. The topological polar surface area (TPSA) is 86.5 Å². The van der Waals surface area contributed by atoms with E-state index in [9.17, 15) is 18.0 Å². The Hall–Kier alpha value is -2.62. The minimum Gasteiger partial charge on any atom is -0.485 e. The lowest BCUT2D eigenvalue weighted by molar-refractivity contribution is -0.174. The zero-order chi connectivity index (χ0) is 18.3. The van der Waals surface area contributed by atoms with E-state index in [2.05, 4.69) is 20.2 Å². The Bertz CT molecular complexity index is 686. The van der Waals surface area contributed by atoms with E-state index in [1.54, 1.807) is 31.2 Å². The molecule has 0 spiro atoms. The monoisotopic (exact) mass is 359 g/mol. The van der Waals surface area contributed by atoms with E-state index < -0.39 is 18.7 Å². The highest BCUT2D eigenvalue weighted by Gasteiger charge is 2.27. The zero-order valence-electron chi connectivity index (χ0n) is 13.3. The lowest BCUT2D eigenvalue weighted by Crippen LogP contribution is -2.20. The Morgan fingerprint density at radius 2 is 2.00 bits per heavy atom. The van der Waals surface area contributed by atoms with Crippen molar-refractivity contribution in [1.82, 2.24) is 10.1 Å². The van der Waals surface area contributed by atoms with Gasteiger partial charge in [-0.15, -0.1) is 0 Å². The fourth-order valence-corrected chi connectivity index (χ4v) is 1.76. The van der Waals surface area contributed by atoms with Gasteiger partial charge < -0.3 is 19.3 Å². The summed E-state index contributed by atoms with van der Waals surface area (Å²) in [6.07, 6.45) is -4.57. The fourth-order valence-electron chi connectivity index (χ4n) is 1.76. The summed E-state index contributed by atoms with van der Waals surface area (Å²) in [5.74, 6) is 0.941. The molecule has 0 aliphatic rings. The zero-order valence-corrected chi connectivity index (χ0v) is 13.3. The normalized spacial score (nSPS) is 11.4. The first-order valence-corrected chi connectivity index (χ1v) is 7.28. The molecular weight excluding hydrogens is 343 g/mol. The second-order valence-electron chi connectivity index (χ2n) is 5.01. The van der Waals surface area contributed by atoms with Crippen LogP contribution in [0.5, 0.6) is 5.75 Å². The Balaban J connectivity index is 1.71. The fraction of sp³-hybridized carbons (Fsp3) is 0.400. The third kappa shape index (κ3) is 7.21. The molecule has 10 heteroatoms. The predicted octanol–water partition coefficient (Wildman–Crippen LogP) is 2.86. The summed E-state index contributed by atoms with van der Waals surface area (Å²) < 4.78 is 50.3. The number of aromatic nitrogens is 2. The molecule has 0 saturated heterocycles. The van der Waals surface area contributed by atoms with E-state index in [-0.39, 0.29) is 19.6 Å². The Kier molecular flexibility index (Phi) is 6.34. The lowest BCUT2D eigenvalue weighted by atomic mass is 10.3. The number of benzene rings is 1. The average molecular weight is 359 g/mol. The molecule has 2 aromatic rings. The van der Waals surface area contributed by atoms with Crippen molar-refractivity contribution in [2.75, 3.05) is 18.5 Å². The Labute approximate surface area is 141 Å². The van der Waals surface area contributed by atoms with Crippen molar-refractivity contribution >= 4 is 11.6 Å². The van der Waals surface area contributed by atoms with Crippen molar-refractivity contribution in [1.29, 1.82) is 0 Å². The van der Waals surface area contributed by atoms with Crippen LogP contribution in [0.4, 0.5) is 18.9 Å². The predicted molar refractivity (Wildman–Crippen MR) is 79.9 cm³/mol. The van der Waals surface area contributed by atoms with Crippen LogP contribution in [0.3, 0.4) is 0 Å². The smallest absolute Gasteiger partial charge is 0.411 e. The number of aryl methyl sites for hydroxylation is 1. The molecule has 1 amide bonds. The standard InChI is InChI=1S/C15H16F3N3O4/c1-10-19-13(21-25-10)8-24-12-4-2-11(3-5-12)20-14(22)6-7-23-9-15(16,17)18/h2-5H,6-9H2,1H3,(H,20,22). The quantitative estimate of drug-likeness (QED) is 0.730. The molecule has 0 aliphatic heterocycles. The van der Waals surface area contributed by atoms with Gasteiger partial charge in [0.05, 0.1) is 13.0 Å². The van der Waals surface area contributed by atoms with Gasteiger partial charge in [-0.25, -0.2) is 0 Å². The summed E-state index contributed by atoms with van der Waals surface area (Å²) in [4.78, 5) is 15.6. The third-order valence-corrected chi connectivity index (χ3v) is 2.81. The number of nitrogens with one attached hydrogen (secondary N) is 1. The van der Waals surface area contributed by atoms with Crippen molar-refractivity contribution in [3.8, 4) is 5.75 Å². The van der Waals surface area contributed by atoms with Gasteiger partial charge in [-0.05, 0) is 24.3 Å². The summed E-state index contributed by atoms with van der Waals surface area (Å²) in [5, 5.41) is 6.24. The molecule has 1 N–H and O–H groups in total.